The molecule has 0 saturated carbocycles. The van der Waals surface area contributed by atoms with E-state index in [1.807, 2.05) is 11.8 Å². The molecule has 0 amide bonds. The van der Waals surface area contributed by atoms with Crippen molar-refractivity contribution in [3.8, 4) is 0 Å². The highest BCUT2D eigenvalue weighted by atomic mass is 79.9. The molecule has 1 aliphatic rings. The Morgan fingerprint density at radius 3 is 2.43 bits per heavy atom. The summed E-state index contributed by atoms with van der Waals surface area (Å²) in [7, 11) is 0. The number of halogens is 1. The second-order valence-electron chi connectivity index (χ2n) is 2.03. The smallest absolute Gasteiger partial charge is 0.0269 e. The molecule has 1 saturated heterocycles. The molecule has 1 aliphatic heterocycles. The average molecular weight is 181 g/mol. The first-order chi connectivity index (χ1) is 3.30. The molecule has 1 heterocycles. The quantitative estimate of drug-likeness (QED) is 0.516. The van der Waals surface area contributed by atoms with E-state index < -0.39 is 0 Å². The molecule has 0 spiro atoms. The summed E-state index contributed by atoms with van der Waals surface area (Å²) in [5, 5.41) is 0. The van der Waals surface area contributed by atoms with Gasteiger partial charge in [-0.05, 0) is 11.7 Å². The van der Waals surface area contributed by atoms with Crippen LogP contribution in [-0.4, -0.2) is 16.3 Å². The van der Waals surface area contributed by atoms with E-state index in [9.17, 15) is 0 Å². The monoisotopic (exact) mass is 180 g/mol. The van der Waals surface area contributed by atoms with Crippen LogP contribution in [0.5, 0.6) is 0 Å². The van der Waals surface area contributed by atoms with E-state index in [0.29, 0.717) is 0 Å². The summed E-state index contributed by atoms with van der Waals surface area (Å²) < 4.78 is 0. The number of hydrogen-bond acceptors (Lipinski definition) is 1. The molecule has 2 unspecified atom stereocenters. The molecule has 1 rings (SSSR count). The van der Waals surface area contributed by atoms with Gasteiger partial charge in [0.15, 0.2) is 0 Å². The Kier molecular flexibility index (Phi) is 2.04. The van der Waals surface area contributed by atoms with Crippen LogP contribution in [0.3, 0.4) is 0 Å². The number of thioether (sulfide) groups is 1. The molecule has 0 aromatic carbocycles. The first kappa shape index (κ1) is 5.96. The largest absolute Gasteiger partial charge is 0.161 e. The lowest BCUT2D eigenvalue weighted by atomic mass is 10.2. The Balaban J connectivity index is 2.33. The standard InChI is InChI=1S/C5H9BrS/c1-4-2-7-3-5(4)6/h4-5H,2-3H2,1H3. The van der Waals surface area contributed by atoms with E-state index in [-0.39, 0.29) is 0 Å². The van der Waals surface area contributed by atoms with Crippen LogP contribution in [0.1, 0.15) is 6.92 Å². The van der Waals surface area contributed by atoms with E-state index >= 15 is 0 Å². The van der Waals surface area contributed by atoms with Crippen molar-refractivity contribution >= 4 is 27.7 Å². The second-order valence-corrected chi connectivity index (χ2v) is 4.28. The first-order valence-electron chi connectivity index (χ1n) is 2.52. The van der Waals surface area contributed by atoms with Crippen molar-refractivity contribution in [2.45, 2.75) is 11.8 Å². The van der Waals surface area contributed by atoms with Crippen LogP contribution in [-0.2, 0) is 0 Å². The van der Waals surface area contributed by atoms with E-state index in [2.05, 4.69) is 22.9 Å². The summed E-state index contributed by atoms with van der Waals surface area (Å²) in [5.41, 5.74) is 0. The lowest BCUT2D eigenvalue weighted by Crippen LogP contribution is -2.05. The predicted molar refractivity (Wildman–Crippen MR) is 39.2 cm³/mol. The molecule has 0 radical (unpaired) electrons. The summed E-state index contributed by atoms with van der Waals surface area (Å²) >= 11 is 5.63. The van der Waals surface area contributed by atoms with Gasteiger partial charge in [-0.3, -0.25) is 0 Å². The van der Waals surface area contributed by atoms with Crippen LogP contribution in [0.2, 0.25) is 0 Å². The van der Waals surface area contributed by atoms with E-state index in [0.717, 1.165) is 10.7 Å². The predicted octanol–water partition coefficient (Wildman–Crippen LogP) is 2.13. The molecule has 0 aliphatic carbocycles. The number of hydrogen-bond donors (Lipinski definition) is 0. The van der Waals surface area contributed by atoms with Gasteiger partial charge >= 0.3 is 0 Å². The molecule has 0 nitrogen and oxygen atoms in total. The van der Waals surface area contributed by atoms with Gasteiger partial charge in [0.25, 0.3) is 0 Å². The minimum Gasteiger partial charge on any atom is -0.161 e. The zero-order valence-electron chi connectivity index (χ0n) is 4.36. The van der Waals surface area contributed by atoms with Gasteiger partial charge in [0.1, 0.15) is 0 Å². The molecule has 2 heteroatoms. The van der Waals surface area contributed by atoms with Gasteiger partial charge in [0, 0.05) is 10.6 Å². The molecule has 0 N–H and O–H groups in total. The Morgan fingerprint density at radius 1 is 1.57 bits per heavy atom. The summed E-state index contributed by atoms with van der Waals surface area (Å²) in [6.07, 6.45) is 0. The zero-order chi connectivity index (χ0) is 5.28. The van der Waals surface area contributed by atoms with E-state index in [1.54, 1.807) is 0 Å². The van der Waals surface area contributed by atoms with Crippen molar-refractivity contribution in [2.75, 3.05) is 11.5 Å². The fourth-order valence-electron chi connectivity index (χ4n) is 0.635. The molecule has 0 aromatic heterocycles. The van der Waals surface area contributed by atoms with Crippen LogP contribution < -0.4 is 0 Å². The molecule has 1 fully saturated rings. The third-order valence-electron chi connectivity index (χ3n) is 1.28. The third-order valence-corrected chi connectivity index (χ3v) is 4.29. The molecule has 2 atom stereocenters. The summed E-state index contributed by atoms with van der Waals surface area (Å²) in [5.74, 6) is 3.54. The van der Waals surface area contributed by atoms with Gasteiger partial charge < -0.3 is 0 Å². The van der Waals surface area contributed by atoms with Crippen molar-refractivity contribution in [3.05, 3.63) is 0 Å². The number of alkyl halides is 1. The van der Waals surface area contributed by atoms with Crippen LogP contribution >= 0.6 is 27.7 Å². The van der Waals surface area contributed by atoms with Crippen molar-refractivity contribution in [1.29, 1.82) is 0 Å². The van der Waals surface area contributed by atoms with E-state index in [1.165, 1.54) is 11.5 Å². The van der Waals surface area contributed by atoms with Gasteiger partial charge in [0.05, 0.1) is 0 Å². The van der Waals surface area contributed by atoms with Crippen LogP contribution in [0, 0.1) is 5.92 Å². The topological polar surface area (TPSA) is 0 Å². The van der Waals surface area contributed by atoms with Crippen molar-refractivity contribution < 1.29 is 0 Å². The minimum atomic E-state index is 0.789. The van der Waals surface area contributed by atoms with Gasteiger partial charge in [-0.15, -0.1) is 0 Å². The molecule has 42 valence electrons. The Morgan fingerprint density at radius 2 is 2.29 bits per heavy atom. The van der Waals surface area contributed by atoms with Gasteiger partial charge in [0.2, 0.25) is 0 Å². The number of rotatable bonds is 0. The Bertz CT molecular complexity index is 57.1. The van der Waals surface area contributed by atoms with Gasteiger partial charge in [-0.25, -0.2) is 0 Å². The summed E-state index contributed by atoms with van der Waals surface area (Å²) in [6, 6.07) is 0. The van der Waals surface area contributed by atoms with Crippen LogP contribution in [0.15, 0.2) is 0 Å². The highest BCUT2D eigenvalue weighted by Gasteiger charge is 2.19. The molecular weight excluding hydrogens is 172 g/mol. The SMILES string of the molecule is CC1CSCC1Br. The van der Waals surface area contributed by atoms with Crippen molar-refractivity contribution in [3.63, 3.8) is 0 Å². The van der Waals surface area contributed by atoms with Gasteiger partial charge in [-0.2, -0.15) is 11.8 Å². The average Bonchev–Trinajstić information content (AvgIpc) is 1.91. The van der Waals surface area contributed by atoms with Crippen molar-refractivity contribution in [1.82, 2.24) is 0 Å². The summed E-state index contributed by atoms with van der Waals surface area (Å²) in [4.78, 5) is 0.789. The highest BCUT2D eigenvalue weighted by molar-refractivity contribution is 9.09. The lowest BCUT2D eigenvalue weighted by Gasteiger charge is -2.01. The van der Waals surface area contributed by atoms with Crippen LogP contribution in [0.4, 0.5) is 0 Å². The zero-order valence-corrected chi connectivity index (χ0v) is 6.76. The Hall–Kier alpha value is 0.830. The van der Waals surface area contributed by atoms with Gasteiger partial charge in [-0.1, -0.05) is 22.9 Å². The third kappa shape index (κ3) is 1.36. The van der Waals surface area contributed by atoms with Crippen LogP contribution in [0.25, 0.3) is 0 Å². The maximum absolute atomic E-state index is 3.58. The minimum absolute atomic E-state index is 0.789. The first-order valence-corrected chi connectivity index (χ1v) is 4.59. The molecule has 7 heavy (non-hydrogen) atoms. The molecule has 0 bridgehead atoms. The molecular formula is C5H9BrS. The van der Waals surface area contributed by atoms with Crippen molar-refractivity contribution in [2.24, 2.45) is 5.92 Å². The summed E-state index contributed by atoms with van der Waals surface area (Å²) in [6.45, 7) is 2.29. The Labute approximate surface area is 57.2 Å². The fraction of sp³-hybridized carbons (Fsp3) is 1.00. The highest BCUT2D eigenvalue weighted by Crippen LogP contribution is 2.28. The van der Waals surface area contributed by atoms with E-state index in [4.69, 9.17) is 0 Å². The fourth-order valence-corrected chi connectivity index (χ4v) is 2.92. The maximum atomic E-state index is 3.58. The molecule has 0 aromatic rings. The normalized spacial score (nSPS) is 42.0. The second kappa shape index (κ2) is 2.40. The lowest BCUT2D eigenvalue weighted by molar-refractivity contribution is 0.694. The maximum Gasteiger partial charge on any atom is 0.0269 e.